The number of ketones is 1. The van der Waals surface area contributed by atoms with Crippen LogP contribution in [0.3, 0.4) is 0 Å². The molecule has 1 unspecified atom stereocenters. The van der Waals surface area contributed by atoms with Crippen molar-refractivity contribution in [3.8, 4) is 0 Å². The fraction of sp³-hybridized carbons (Fsp3) is 0.0357. The first-order chi connectivity index (χ1) is 19.0. The summed E-state index contributed by atoms with van der Waals surface area (Å²) in [4.78, 5) is 64.2. The van der Waals surface area contributed by atoms with Crippen LogP contribution in [0, 0.1) is 0 Å². The summed E-state index contributed by atoms with van der Waals surface area (Å²) in [6.07, 6.45) is 1.45. The fourth-order valence-electron chi connectivity index (χ4n) is 4.71. The van der Waals surface area contributed by atoms with Crippen molar-refractivity contribution in [2.24, 2.45) is 0 Å². The van der Waals surface area contributed by atoms with Crippen molar-refractivity contribution in [1.29, 1.82) is 0 Å². The quantitative estimate of drug-likeness (QED) is 0.202. The zero-order valence-electron chi connectivity index (χ0n) is 20.1. The number of anilines is 3. The molecule has 1 spiro atoms. The van der Waals surface area contributed by atoms with Gasteiger partial charge in [-0.2, -0.15) is 0 Å². The highest BCUT2D eigenvalue weighted by Gasteiger charge is 2.63. The summed E-state index contributed by atoms with van der Waals surface area (Å²) in [6, 6.07) is 16.5. The number of hydrogen-bond donors (Lipinski definition) is 4. The van der Waals surface area contributed by atoms with Gasteiger partial charge < -0.3 is 20.8 Å². The highest BCUT2D eigenvalue weighted by Crippen LogP contribution is 2.52. The summed E-state index contributed by atoms with van der Waals surface area (Å²) in [5.74, 6) is -5.74. The highest BCUT2D eigenvalue weighted by atomic mass is 35.5. The Balaban J connectivity index is 1.67. The molecule has 4 N–H and O–H groups in total. The maximum Gasteiger partial charge on any atom is 0.328 e. The Labute approximate surface area is 236 Å². The number of carboxylic acids is 1. The number of carbonyl (C=O) groups excluding carboxylic acids is 4. The molecule has 0 radical (unpaired) electrons. The third-order valence-corrected chi connectivity index (χ3v) is 6.79. The molecule has 0 bridgehead atoms. The number of hydrogen-bond acceptors (Lipinski definition) is 6. The summed E-state index contributed by atoms with van der Waals surface area (Å²) in [5.41, 5.74) is -1.64. The molecule has 12 heteroatoms. The molecule has 1 fully saturated rings. The predicted molar refractivity (Wildman–Crippen MR) is 146 cm³/mol. The zero-order chi connectivity index (χ0) is 28.8. The van der Waals surface area contributed by atoms with Gasteiger partial charge in [0, 0.05) is 39.0 Å². The minimum atomic E-state index is -2.09. The van der Waals surface area contributed by atoms with E-state index in [0.29, 0.717) is 16.8 Å². The molecule has 1 saturated heterocycles. The molecule has 0 aliphatic carbocycles. The summed E-state index contributed by atoms with van der Waals surface area (Å²) in [6.45, 7) is 0. The number of amides is 3. The van der Waals surface area contributed by atoms with Crippen molar-refractivity contribution >= 4 is 75.5 Å². The number of aliphatic hydroxyl groups is 1. The second kappa shape index (κ2) is 9.99. The largest absolute Gasteiger partial charge is 0.507 e. The van der Waals surface area contributed by atoms with E-state index in [1.54, 1.807) is 18.2 Å². The van der Waals surface area contributed by atoms with Crippen molar-refractivity contribution in [3.63, 3.8) is 0 Å². The molecular weight excluding hydrogens is 561 g/mol. The van der Waals surface area contributed by atoms with Crippen molar-refractivity contribution in [1.82, 2.24) is 5.32 Å². The number of nitrogens with zero attached hydrogens (tertiary/aromatic N) is 1. The Morgan fingerprint density at radius 2 is 1.62 bits per heavy atom. The lowest BCUT2D eigenvalue weighted by atomic mass is 9.83. The average molecular weight is 578 g/mol. The Morgan fingerprint density at radius 1 is 0.900 bits per heavy atom. The first kappa shape index (κ1) is 26.7. The average Bonchev–Trinajstić information content (AvgIpc) is 3.31. The van der Waals surface area contributed by atoms with Crippen LogP contribution in [0.5, 0.6) is 0 Å². The standard InChI is InChI=1S/C28H17Cl2N3O7/c29-15-4-2-6-18(12-15)33-20-13-16(30)7-8-19(20)28(27(33)40)23(25(38)26(39)32-28)24(37)14-3-1-5-17(11-14)31-21(34)9-10-22(35)36/h1-13,37H,(H,31,34)(H,32,39)(H,35,36)/b10-9+,24-23?. The Bertz CT molecular complexity index is 1720. The lowest BCUT2D eigenvalue weighted by Gasteiger charge is -2.25. The lowest BCUT2D eigenvalue weighted by Crippen LogP contribution is -2.48. The van der Waals surface area contributed by atoms with Gasteiger partial charge in [-0.15, -0.1) is 0 Å². The molecule has 2 aliphatic heterocycles. The van der Waals surface area contributed by atoms with Crippen molar-refractivity contribution in [2.75, 3.05) is 10.2 Å². The maximum absolute atomic E-state index is 14.2. The van der Waals surface area contributed by atoms with Gasteiger partial charge >= 0.3 is 5.97 Å². The molecule has 3 aromatic rings. The number of benzene rings is 3. The SMILES string of the molecule is O=C(O)/C=C/C(=O)Nc1cccc(C(O)=C2C(=O)C(=O)NC23C(=O)N(c2cccc(Cl)c2)c2cc(Cl)ccc23)c1. The molecule has 40 heavy (non-hydrogen) atoms. The Hall–Kier alpha value is -4.93. The van der Waals surface area contributed by atoms with Gasteiger partial charge in [-0.05, 0) is 42.5 Å². The smallest absolute Gasteiger partial charge is 0.328 e. The van der Waals surface area contributed by atoms with Crippen LogP contribution in [0.4, 0.5) is 17.1 Å². The van der Waals surface area contributed by atoms with Gasteiger partial charge in [-0.3, -0.25) is 24.1 Å². The number of carboxylic acid groups (broad SMARTS) is 1. The fourth-order valence-corrected chi connectivity index (χ4v) is 5.06. The van der Waals surface area contributed by atoms with E-state index in [0.717, 1.165) is 6.08 Å². The van der Waals surface area contributed by atoms with Gasteiger partial charge in [0.1, 0.15) is 5.76 Å². The molecule has 10 nitrogen and oxygen atoms in total. The van der Waals surface area contributed by atoms with E-state index in [9.17, 15) is 29.1 Å². The molecule has 2 aliphatic rings. The second-order valence-corrected chi connectivity index (χ2v) is 9.65. The molecule has 3 aromatic carbocycles. The van der Waals surface area contributed by atoms with Crippen LogP contribution < -0.4 is 15.5 Å². The first-order valence-corrected chi connectivity index (χ1v) is 12.3. The van der Waals surface area contributed by atoms with Gasteiger partial charge in [0.25, 0.3) is 17.6 Å². The number of carbonyl (C=O) groups is 5. The predicted octanol–water partition coefficient (Wildman–Crippen LogP) is 4.11. The number of nitrogens with one attached hydrogen (secondary N) is 2. The van der Waals surface area contributed by atoms with Crippen molar-refractivity contribution in [3.05, 3.63) is 106 Å². The van der Waals surface area contributed by atoms with Gasteiger partial charge in [0.05, 0.1) is 16.9 Å². The van der Waals surface area contributed by atoms with Crippen LogP contribution >= 0.6 is 23.2 Å². The highest BCUT2D eigenvalue weighted by molar-refractivity contribution is 6.50. The molecule has 3 amide bonds. The summed E-state index contributed by atoms with van der Waals surface area (Å²) < 4.78 is 0. The number of aliphatic carboxylic acids is 1. The Kier molecular flexibility index (Phi) is 6.66. The minimum absolute atomic E-state index is 0.00348. The first-order valence-electron chi connectivity index (χ1n) is 11.6. The number of Topliss-reactive ketones (excluding diaryl/α,β-unsaturated/α-hetero) is 1. The monoisotopic (exact) mass is 577 g/mol. The van der Waals surface area contributed by atoms with Crippen molar-refractivity contribution < 1.29 is 34.2 Å². The topological polar surface area (TPSA) is 153 Å². The van der Waals surface area contributed by atoms with E-state index >= 15 is 0 Å². The summed E-state index contributed by atoms with van der Waals surface area (Å²) in [5, 5.41) is 25.7. The van der Waals surface area contributed by atoms with E-state index in [4.69, 9.17) is 28.3 Å². The molecule has 0 saturated carbocycles. The van der Waals surface area contributed by atoms with Crippen LogP contribution in [-0.4, -0.2) is 39.7 Å². The van der Waals surface area contributed by atoms with Gasteiger partial charge in [-0.1, -0.05) is 47.5 Å². The number of aliphatic hydroxyl groups excluding tert-OH is 1. The number of halogens is 2. The maximum atomic E-state index is 14.2. The normalized spacial score (nSPS) is 19.2. The zero-order valence-corrected chi connectivity index (χ0v) is 21.7. The summed E-state index contributed by atoms with van der Waals surface area (Å²) >= 11 is 12.4. The van der Waals surface area contributed by atoms with E-state index in [2.05, 4.69) is 10.6 Å². The minimum Gasteiger partial charge on any atom is -0.507 e. The van der Waals surface area contributed by atoms with Crippen LogP contribution in [0.2, 0.25) is 10.0 Å². The summed E-state index contributed by atoms with van der Waals surface area (Å²) in [7, 11) is 0. The molecule has 1 atom stereocenters. The van der Waals surface area contributed by atoms with Crippen LogP contribution in [0.1, 0.15) is 11.1 Å². The number of fused-ring (bicyclic) bond motifs is 2. The van der Waals surface area contributed by atoms with Crippen LogP contribution in [0.25, 0.3) is 5.76 Å². The van der Waals surface area contributed by atoms with E-state index in [-0.39, 0.29) is 27.5 Å². The third kappa shape index (κ3) is 4.39. The third-order valence-electron chi connectivity index (χ3n) is 6.32. The van der Waals surface area contributed by atoms with Crippen LogP contribution in [-0.2, 0) is 29.5 Å². The van der Waals surface area contributed by atoms with Gasteiger partial charge in [0.15, 0.2) is 5.54 Å². The molecule has 0 aromatic heterocycles. The van der Waals surface area contributed by atoms with E-state index < -0.39 is 46.3 Å². The van der Waals surface area contributed by atoms with Gasteiger partial charge in [-0.25, -0.2) is 4.79 Å². The molecule has 5 rings (SSSR count). The van der Waals surface area contributed by atoms with Gasteiger partial charge in [0.2, 0.25) is 5.91 Å². The molecule has 200 valence electrons. The number of rotatable bonds is 5. The van der Waals surface area contributed by atoms with E-state index in [1.165, 1.54) is 53.4 Å². The molecule has 2 heterocycles. The second-order valence-electron chi connectivity index (χ2n) is 8.78. The Morgan fingerprint density at radius 3 is 2.35 bits per heavy atom. The van der Waals surface area contributed by atoms with E-state index in [1.807, 2.05) is 0 Å². The van der Waals surface area contributed by atoms with Crippen LogP contribution in [0.15, 0.2) is 84.5 Å². The van der Waals surface area contributed by atoms with Crippen molar-refractivity contribution in [2.45, 2.75) is 5.54 Å². The molecular formula is C28H17Cl2N3O7. The lowest BCUT2D eigenvalue weighted by molar-refractivity contribution is -0.134.